The average Bonchev–Trinajstić information content (AvgIpc) is 3.39. The molecule has 2 aromatic heterocycles. The normalized spacial score (nSPS) is 16.4. The second kappa shape index (κ2) is 8.03. The maximum Gasteiger partial charge on any atom is 0.227 e. The maximum atomic E-state index is 12.7. The summed E-state index contributed by atoms with van der Waals surface area (Å²) >= 11 is 0. The Bertz CT molecular complexity index is 863. The highest BCUT2D eigenvalue weighted by molar-refractivity contribution is 5.79. The molecular weight excluding hydrogens is 342 g/mol. The SMILES string of the molecule is O=C(Cc1ccc(OCc2ccccn2)cc1)N1CCCC1c1ccon1. The van der Waals surface area contributed by atoms with Crippen molar-refractivity contribution in [3.63, 3.8) is 0 Å². The summed E-state index contributed by atoms with van der Waals surface area (Å²) in [6, 6.07) is 15.3. The maximum absolute atomic E-state index is 12.7. The van der Waals surface area contributed by atoms with Crippen molar-refractivity contribution in [2.45, 2.75) is 31.9 Å². The first-order valence-corrected chi connectivity index (χ1v) is 9.11. The second-order valence-corrected chi connectivity index (χ2v) is 6.60. The summed E-state index contributed by atoms with van der Waals surface area (Å²) in [5.74, 6) is 0.876. The van der Waals surface area contributed by atoms with E-state index in [9.17, 15) is 4.79 Å². The minimum atomic E-state index is 0.0252. The first-order valence-electron chi connectivity index (χ1n) is 9.11. The Morgan fingerprint density at radius 2 is 2.07 bits per heavy atom. The van der Waals surface area contributed by atoms with Gasteiger partial charge in [-0.1, -0.05) is 23.4 Å². The lowest BCUT2D eigenvalue weighted by atomic mass is 10.1. The fraction of sp³-hybridized carbons (Fsp3) is 0.286. The zero-order chi connectivity index (χ0) is 18.5. The van der Waals surface area contributed by atoms with Gasteiger partial charge in [0.1, 0.15) is 24.3 Å². The molecule has 1 saturated heterocycles. The Kier molecular flexibility index (Phi) is 5.14. The summed E-state index contributed by atoms with van der Waals surface area (Å²) in [7, 11) is 0. The molecule has 0 aliphatic carbocycles. The van der Waals surface area contributed by atoms with E-state index in [-0.39, 0.29) is 11.9 Å². The molecule has 0 saturated carbocycles. The van der Waals surface area contributed by atoms with Gasteiger partial charge in [0.25, 0.3) is 0 Å². The van der Waals surface area contributed by atoms with Gasteiger partial charge in [-0.2, -0.15) is 0 Å². The lowest BCUT2D eigenvalue weighted by Crippen LogP contribution is -2.32. The molecule has 0 bridgehead atoms. The van der Waals surface area contributed by atoms with E-state index in [0.717, 1.165) is 42.1 Å². The average molecular weight is 363 g/mol. The van der Waals surface area contributed by atoms with Crippen LogP contribution in [0.1, 0.15) is 35.8 Å². The summed E-state index contributed by atoms with van der Waals surface area (Å²) in [5, 5.41) is 4.00. The quantitative estimate of drug-likeness (QED) is 0.670. The monoisotopic (exact) mass is 363 g/mol. The largest absolute Gasteiger partial charge is 0.487 e. The van der Waals surface area contributed by atoms with E-state index in [0.29, 0.717) is 13.0 Å². The van der Waals surface area contributed by atoms with Crippen LogP contribution in [0, 0.1) is 0 Å². The Morgan fingerprint density at radius 3 is 2.81 bits per heavy atom. The standard InChI is InChI=1S/C21H21N3O3/c25-21(24-12-3-5-20(24)19-10-13-27-23-19)14-16-6-8-18(9-7-16)26-15-17-4-1-2-11-22-17/h1-2,4,6-11,13,20H,3,5,12,14-15H2. The molecule has 6 nitrogen and oxygen atoms in total. The van der Waals surface area contributed by atoms with Gasteiger partial charge in [0.15, 0.2) is 0 Å². The Morgan fingerprint density at radius 1 is 1.19 bits per heavy atom. The summed E-state index contributed by atoms with van der Waals surface area (Å²) in [6.07, 6.45) is 5.59. The van der Waals surface area contributed by atoms with Gasteiger partial charge < -0.3 is 14.2 Å². The van der Waals surface area contributed by atoms with E-state index < -0.39 is 0 Å². The molecule has 4 rings (SSSR count). The number of hydrogen-bond donors (Lipinski definition) is 0. The Labute approximate surface area is 157 Å². The number of amides is 1. The summed E-state index contributed by atoms with van der Waals surface area (Å²) < 4.78 is 10.7. The van der Waals surface area contributed by atoms with Crippen molar-refractivity contribution in [1.29, 1.82) is 0 Å². The molecule has 1 atom stereocenters. The molecule has 1 fully saturated rings. The van der Waals surface area contributed by atoms with Gasteiger partial charge in [-0.25, -0.2) is 0 Å². The van der Waals surface area contributed by atoms with E-state index in [2.05, 4.69) is 10.1 Å². The van der Waals surface area contributed by atoms with E-state index >= 15 is 0 Å². The van der Waals surface area contributed by atoms with Gasteiger partial charge in [-0.15, -0.1) is 0 Å². The number of carbonyl (C=O) groups is 1. The predicted octanol–water partition coefficient (Wildman–Crippen LogP) is 3.55. The fourth-order valence-electron chi connectivity index (χ4n) is 3.39. The number of likely N-dealkylation sites (tertiary alicyclic amines) is 1. The van der Waals surface area contributed by atoms with Gasteiger partial charge in [0.05, 0.1) is 18.2 Å². The van der Waals surface area contributed by atoms with Crippen molar-refractivity contribution in [2.75, 3.05) is 6.54 Å². The number of rotatable bonds is 6. The van der Waals surface area contributed by atoms with Crippen LogP contribution in [0.3, 0.4) is 0 Å². The van der Waals surface area contributed by atoms with E-state index in [1.165, 1.54) is 0 Å². The molecule has 6 heteroatoms. The van der Waals surface area contributed by atoms with Crippen LogP contribution >= 0.6 is 0 Å². The van der Waals surface area contributed by atoms with Crippen LogP contribution in [-0.4, -0.2) is 27.5 Å². The zero-order valence-electron chi connectivity index (χ0n) is 15.0. The van der Waals surface area contributed by atoms with Crippen molar-refractivity contribution in [3.8, 4) is 5.75 Å². The van der Waals surface area contributed by atoms with Crippen LogP contribution in [0.15, 0.2) is 65.5 Å². The molecule has 3 aromatic rings. The van der Waals surface area contributed by atoms with Crippen molar-refractivity contribution in [2.24, 2.45) is 0 Å². The molecule has 1 aliphatic heterocycles. The molecule has 0 N–H and O–H groups in total. The molecule has 3 heterocycles. The van der Waals surface area contributed by atoms with E-state index in [4.69, 9.17) is 9.26 Å². The summed E-state index contributed by atoms with van der Waals surface area (Å²) in [4.78, 5) is 18.9. The van der Waals surface area contributed by atoms with Gasteiger partial charge in [-0.3, -0.25) is 9.78 Å². The molecule has 27 heavy (non-hydrogen) atoms. The molecule has 1 aromatic carbocycles. The van der Waals surface area contributed by atoms with Crippen LogP contribution in [0.25, 0.3) is 0 Å². The number of nitrogens with zero attached hydrogens (tertiary/aromatic N) is 3. The number of ether oxygens (including phenoxy) is 1. The third-order valence-corrected chi connectivity index (χ3v) is 4.76. The number of benzene rings is 1. The van der Waals surface area contributed by atoms with Crippen LogP contribution in [0.4, 0.5) is 0 Å². The number of pyridine rings is 1. The van der Waals surface area contributed by atoms with Crippen LogP contribution in [0.5, 0.6) is 5.75 Å². The molecule has 138 valence electrons. The smallest absolute Gasteiger partial charge is 0.227 e. The topological polar surface area (TPSA) is 68.5 Å². The molecule has 1 amide bonds. The highest BCUT2D eigenvalue weighted by Gasteiger charge is 2.31. The van der Waals surface area contributed by atoms with Gasteiger partial charge in [0, 0.05) is 18.8 Å². The summed E-state index contributed by atoms with van der Waals surface area (Å²) in [6.45, 7) is 1.19. The second-order valence-electron chi connectivity index (χ2n) is 6.60. The highest BCUT2D eigenvalue weighted by Crippen LogP contribution is 2.31. The summed E-state index contributed by atoms with van der Waals surface area (Å²) in [5.41, 5.74) is 2.68. The van der Waals surface area contributed by atoms with Crippen molar-refractivity contribution < 1.29 is 14.1 Å². The minimum Gasteiger partial charge on any atom is -0.487 e. The Hall–Kier alpha value is -3.15. The van der Waals surface area contributed by atoms with E-state index in [1.54, 1.807) is 12.5 Å². The number of hydrogen-bond acceptors (Lipinski definition) is 5. The number of carbonyl (C=O) groups excluding carboxylic acids is 1. The molecule has 0 spiro atoms. The third kappa shape index (κ3) is 4.16. The Balaban J connectivity index is 1.34. The lowest BCUT2D eigenvalue weighted by Gasteiger charge is -2.23. The highest BCUT2D eigenvalue weighted by atomic mass is 16.5. The van der Waals surface area contributed by atoms with Crippen LogP contribution in [-0.2, 0) is 17.8 Å². The lowest BCUT2D eigenvalue weighted by molar-refractivity contribution is -0.131. The van der Waals surface area contributed by atoms with Gasteiger partial charge in [0.2, 0.25) is 5.91 Å². The number of aromatic nitrogens is 2. The van der Waals surface area contributed by atoms with Crippen molar-refractivity contribution in [3.05, 3.63) is 77.9 Å². The first-order chi connectivity index (χ1) is 13.3. The zero-order valence-corrected chi connectivity index (χ0v) is 15.0. The fourth-order valence-corrected chi connectivity index (χ4v) is 3.39. The minimum absolute atomic E-state index is 0.0252. The molecular formula is C21H21N3O3. The van der Waals surface area contributed by atoms with Crippen LogP contribution in [0.2, 0.25) is 0 Å². The first kappa shape index (κ1) is 17.3. The molecule has 0 radical (unpaired) electrons. The van der Waals surface area contributed by atoms with Gasteiger partial charge in [-0.05, 0) is 42.7 Å². The van der Waals surface area contributed by atoms with Gasteiger partial charge >= 0.3 is 0 Å². The molecule has 1 unspecified atom stereocenters. The van der Waals surface area contributed by atoms with Crippen molar-refractivity contribution in [1.82, 2.24) is 15.0 Å². The third-order valence-electron chi connectivity index (χ3n) is 4.76. The predicted molar refractivity (Wildman–Crippen MR) is 98.9 cm³/mol. The molecule has 1 aliphatic rings. The van der Waals surface area contributed by atoms with E-state index in [1.807, 2.05) is 53.4 Å². The van der Waals surface area contributed by atoms with Crippen LogP contribution < -0.4 is 4.74 Å². The van der Waals surface area contributed by atoms with Crippen molar-refractivity contribution >= 4 is 5.91 Å².